The summed E-state index contributed by atoms with van der Waals surface area (Å²) in [7, 11) is -1.34. The van der Waals surface area contributed by atoms with Crippen LogP contribution in [0.15, 0.2) is 273 Å². The van der Waals surface area contributed by atoms with Gasteiger partial charge in [-0.2, -0.15) is 0 Å². The summed E-state index contributed by atoms with van der Waals surface area (Å²) in [6.07, 6.45) is 0. The quantitative estimate of drug-likeness (QED) is 0.0599. The van der Waals surface area contributed by atoms with E-state index in [1.54, 1.807) is 0 Å². The van der Waals surface area contributed by atoms with Crippen LogP contribution in [0.4, 0.5) is 0 Å². The van der Waals surface area contributed by atoms with E-state index in [0.29, 0.717) is 0 Å². The Morgan fingerprint density at radius 3 is 0.328 bits per heavy atom. The van der Waals surface area contributed by atoms with Crippen molar-refractivity contribution in [1.29, 1.82) is 0 Å². The molecule has 7 heteroatoms. The van der Waals surface area contributed by atoms with Crippen molar-refractivity contribution in [1.82, 2.24) is 0 Å². The van der Waals surface area contributed by atoms with Crippen molar-refractivity contribution in [3.05, 3.63) is 293 Å². The normalized spacial score (nSPS) is 9.52. The van der Waals surface area contributed by atoms with Gasteiger partial charge in [-0.1, -0.05) is 273 Å². The van der Waals surface area contributed by atoms with Crippen molar-refractivity contribution in [2.24, 2.45) is 0 Å². The van der Waals surface area contributed by atoms with Crippen LogP contribution in [0.1, 0.15) is 0 Å². The van der Waals surface area contributed by atoms with E-state index in [2.05, 4.69) is 293 Å². The summed E-state index contributed by atoms with van der Waals surface area (Å²) in [4.78, 5) is 0. The van der Waals surface area contributed by atoms with E-state index in [1.807, 2.05) is 0 Å². The zero-order chi connectivity index (χ0) is 44.7. The fourth-order valence-corrected chi connectivity index (χ4v) is 13.5. The van der Waals surface area contributed by atoms with Crippen LogP contribution in [0, 0.1) is 20.0 Å². The van der Waals surface area contributed by atoms with Crippen LogP contribution in [0.5, 0.6) is 0 Å². The van der Waals surface area contributed by atoms with Crippen LogP contribution >= 0.6 is 23.8 Å². The van der Waals surface area contributed by atoms with Gasteiger partial charge < -0.3 is 0 Å². The molecular formula is C57H45MoO3P3. The topological polar surface area (TPSA) is 59.7 Å². The zero-order valence-corrected chi connectivity index (χ0v) is 39.6. The number of hydrogen-bond donors (Lipinski definition) is 0. The molecule has 0 spiro atoms. The Balaban J connectivity index is 0.000000239. The minimum Gasteiger partial charge on any atom is -0.0622 e. The maximum absolute atomic E-state index is 7.50. The Morgan fingerprint density at radius 2 is 0.250 bits per heavy atom. The van der Waals surface area contributed by atoms with Gasteiger partial charge in [0.25, 0.3) is 0 Å². The van der Waals surface area contributed by atoms with E-state index in [1.165, 1.54) is 47.7 Å². The van der Waals surface area contributed by atoms with Gasteiger partial charge in [-0.05, 0) is 71.5 Å². The first-order valence-electron chi connectivity index (χ1n) is 19.8. The van der Waals surface area contributed by atoms with Crippen molar-refractivity contribution < 1.29 is 35.0 Å². The van der Waals surface area contributed by atoms with Gasteiger partial charge in [0.1, 0.15) is 0 Å². The molecule has 0 unspecified atom stereocenters. The van der Waals surface area contributed by atoms with Gasteiger partial charge in [0.15, 0.2) is 0 Å². The number of benzene rings is 9. The molecule has 312 valence electrons. The first kappa shape index (κ1) is 52.5. The molecule has 64 heavy (non-hydrogen) atoms. The minimum atomic E-state index is -0.446. The standard InChI is InChI=1S/3C18H15P.3CO.Mo/c3*1-4-10-16(11-5-1)19(17-12-6-2-7-13-17)18-14-8-3-9-15-18;3*1-2;/h3*1-15H;;;;. The third-order valence-corrected chi connectivity index (χ3v) is 16.5. The van der Waals surface area contributed by atoms with Crippen LogP contribution < -0.4 is 47.7 Å². The van der Waals surface area contributed by atoms with Crippen molar-refractivity contribution in [3.63, 3.8) is 0 Å². The molecule has 0 aliphatic carbocycles. The largest absolute Gasteiger partial charge is 0.0622 e. The summed E-state index contributed by atoms with van der Waals surface area (Å²) in [5.74, 6) is 0. The SMILES string of the molecule is [C-]#[O+].[C-]#[O+].[C-]#[O+].[Mo].c1ccc(P(c2ccccc2)c2ccccc2)cc1.c1ccc(P(c2ccccc2)c2ccccc2)cc1.c1ccc(P(c2ccccc2)c2ccccc2)cc1. The third kappa shape index (κ3) is 16.4. The number of rotatable bonds is 9. The first-order chi connectivity index (χ1) is 31.3. The Bertz CT molecular complexity index is 2010. The van der Waals surface area contributed by atoms with E-state index in [0.717, 1.165) is 0 Å². The molecule has 0 saturated heterocycles. The summed E-state index contributed by atoms with van der Waals surface area (Å²) in [6, 6.07) is 97.0. The minimum absolute atomic E-state index is 0. The van der Waals surface area contributed by atoms with Gasteiger partial charge >= 0.3 is 33.9 Å². The molecule has 9 aromatic carbocycles. The molecular weight excluding hydrogens is 921 g/mol. The molecule has 0 radical (unpaired) electrons. The molecule has 0 amide bonds. The predicted octanol–water partition coefficient (Wildman–Crippen LogP) is 10.2. The molecule has 0 N–H and O–H groups in total. The molecule has 0 heterocycles. The second kappa shape index (κ2) is 31.9. The molecule has 0 saturated carbocycles. The van der Waals surface area contributed by atoms with E-state index in [4.69, 9.17) is 14.0 Å². The zero-order valence-electron chi connectivity index (χ0n) is 35.0. The molecule has 9 aromatic rings. The van der Waals surface area contributed by atoms with Gasteiger partial charge in [0.2, 0.25) is 0 Å². The molecule has 0 fully saturated rings. The van der Waals surface area contributed by atoms with Crippen molar-refractivity contribution in [2.45, 2.75) is 0 Å². The summed E-state index contributed by atoms with van der Waals surface area (Å²) < 4.78 is 22.5. The van der Waals surface area contributed by atoms with E-state index in [9.17, 15) is 0 Å². The average molecular weight is 967 g/mol. The fraction of sp³-hybridized carbons (Fsp3) is 0. The Labute approximate surface area is 397 Å². The van der Waals surface area contributed by atoms with Gasteiger partial charge in [-0.25, -0.2) is 0 Å². The van der Waals surface area contributed by atoms with Crippen LogP contribution in [-0.4, -0.2) is 0 Å². The van der Waals surface area contributed by atoms with Gasteiger partial charge in [0.05, 0.1) is 0 Å². The van der Waals surface area contributed by atoms with E-state index < -0.39 is 23.8 Å². The van der Waals surface area contributed by atoms with Crippen LogP contribution in [0.25, 0.3) is 0 Å². The molecule has 0 bridgehead atoms. The Hall–Kier alpha value is -5.82. The van der Waals surface area contributed by atoms with Crippen molar-refractivity contribution in [2.75, 3.05) is 0 Å². The monoisotopic (exact) mass is 968 g/mol. The van der Waals surface area contributed by atoms with Crippen LogP contribution in [-0.2, 0) is 35.0 Å². The third-order valence-electron chi connectivity index (χ3n) is 9.13. The maximum Gasteiger partial charge on any atom is 0 e. The summed E-state index contributed by atoms with van der Waals surface area (Å²) in [6.45, 7) is 13.5. The van der Waals surface area contributed by atoms with Gasteiger partial charge in [-0.15, -0.1) is 0 Å². The van der Waals surface area contributed by atoms with Crippen LogP contribution in [0.3, 0.4) is 0 Å². The first-order valence-corrected chi connectivity index (χ1v) is 23.8. The maximum atomic E-state index is 7.50. The summed E-state index contributed by atoms with van der Waals surface area (Å²) in [5.41, 5.74) is 0. The number of hydrogen-bond acceptors (Lipinski definition) is 0. The van der Waals surface area contributed by atoms with Gasteiger partial charge in [-0.3, -0.25) is 0 Å². The van der Waals surface area contributed by atoms with Crippen LogP contribution in [0.2, 0.25) is 0 Å². The fourth-order valence-electron chi connectivity index (χ4n) is 6.54. The second-order valence-electron chi connectivity index (χ2n) is 13.0. The molecule has 0 atom stereocenters. The molecule has 0 aliphatic heterocycles. The van der Waals surface area contributed by atoms with Gasteiger partial charge in [0, 0.05) is 21.1 Å². The summed E-state index contributed by atoms with van der Waals surface area (Å²) >= 11 is 0. The summed E-state index contributed by atoms with van der Waals surface area (Å²) in [5, 5.41) is 12.6. The van der Waals surface area contributed by atoms with E-state index in [-0.39, 0.29) is 21.1 Å². The molecule has 0 aromatic heterocycles. The molecule has 3 nitrogen and oxygen atoms in total. The van der Waals surface area contributed by atoms with Crippen molar-refractivity contribution >= 4 is 71.5 Å². The predicted molar refractivity (Wildman–Crippen MR) is 267 cm³/mol. The smallest absolute Gasteiger partial charge is 0 e. The molecule has 9 rings (SSSR count). The Morgan fingerprint density at radius 1 is 0.172 bits per heavy atom. The van der Waals surface area contributed by atoms with E-state index >= 15 is 0 Å². The molecule has 0 aliphatic rings. The van der Waals surface area contributed by atoms with Crippen molar-refractivity contribution in [3.8, 4) is 0 Å². The average Bonchev–Trinajstić information content (AvgIpc) is 3.39. The Kier molecular flexibility index (Phi) is 26.2. The second-order valence-corrected chi connectivity index (χ2v) is 19.7.